The highest BCUT2D eigenvalue weighted by Crippen LogP contribution is 2.32. The molecule has 5 rings (SSSR count). The van der Waals surface area contributed by atoms with E-state index in [-0.39, 0.29) is 0 Å². The van der Waals surface area contributed by atoms with E-state index in [9.17, 15) is 0 Å². The van der Waals surface area contributed by atoms with Gasteiger partial charge in [0.25, 0.3) is 0 Å². The number of benzene rings is 4. The third kappa shape index (κ3) is 3.59. The summed E-state index contributed by atoms with van der Waals surface area (Å²) in [4.78, 5) is 0. The zero-order chi connectivity index (χ0) is 21.2. The predicted octanol–water partition coefficient (Wildman–Crippen LogP) is 7.55. The van der Waals surface area contributed by atoms with E-state index in [1.54, 1.807) is 0 Å². The summed E-state index contributed by atoms with van der Waals surface area (Å²) in [5.41, 5.74) is 5.68. The van der Waals surface area contributed by atoms with Gasteiger partial charge in [-0.15, -0.1) is 0 Å². The van der Waals surface area contributed by atoms with Crippen molar-refractivity contribution < 1.29 is 0 Å². The maximum absolute atomic E-state index is 4.86. The fourth-order valence-electron chi connectivity index (χ4n) is 4.20. The fourth-order valence-corrected chi connectivity index (χ4v) is 4.20. The molecule has 0 saturated carbocycles. The molecule has 0 spiro atoms. The molecular formula is C28H25N3. The highest BCUT2D eigenvalue weighted by Gasteiger charge is 2.13. The Morgan fingerprint density at radius 2 is 1.26 bits per heavy atom. The molecule has 0 aliphatic rings. The number of hydrogen-bond acceptors (Lipinski definition) is 2. The lowest BCUT2D eigenvalue weighted by atomic mass is 10.1. The minimum atomic E-state index is 0.397. The fraction of sp³-hybridized carbons (Fsp3) is 0.107. The van der Waals surface area contributed by atoms with Crippen molar-refractivity contribution in [1.29, 1.82) is 0 Å². The molecule has 0 saturated heterocycles. The summed E-state index contributed by atoms with van der Waals surface area (Å²) >= 11 is 0. The topological polar surface area (TPSA) is 20.5 Å². The monoisotopic (exact) mass is 403 g/mol. The molecule has 0 N–H and O–H groups in total. The van der Waals surface area contributed by atoms with Crippen LogP contribution in [0.1, 0.15) is 25.5 Å². The summed E-state index contributed by atoms with van der Waals surface area (Å²) in [5.74, 6) is 0. The zero-order valence-electron chi connectivity index (χ0n) is 17.8. The Balaban J connectivity index is 1.60. The Kier molecular flexibility index (Phi) is 5.01. The summed E-state index contributed by atoms with van der Waals surface area (Å²) in [6.45, 7) is 4.47. The van der Waals surface area contributed by atoms with Gasteiger partial charge in [-0.25, -0.2) is 5.01 Å². The number of hydrogen-bond donors (Lipinski definition) is 0. The van der Waals surface area contributed by atoms with Crippen LogP contribution in [0.25, 0.3) is 21.8 Å². The number of para-hydroxylation sites is 3. The molecule has 1 aromatic heterocycles. The molecule has 1 heterocycles. The van der Waals surface area contributed by atoms with Crippen molar-refractivity contribution in [3.05, 3.63) is 109 Å². The van der Waals surface area contributed by atoms with Gasteiger partial charge in [0.15, 0.2) is 0 Å². The molecule has 0 amide bonds. The normalized spacial score (nSPS) is 11.7. The molecule has 0 bridgehead atoms. The summed E-state index contributed by atoms with van der Waals surface area (Å²) in [7, 11) is 0. The average molecular weight is 404 g/mol. The predicted molar refractivity (Wildman–Crippen MR) is 132 cm³/mol. The second kappa shape index (κ2) is 8.11. The van der Waals surface area contributed by atoms with Gasteiger partial charge in [0.05, 0.1) is 17.6 Å². The standard InChI is InChI=1S/C28H25N3/c1-21(2)30-27-16-10-9-15-25(27)26-19-22(17-18-28(26)30)20-29-31(23-11-5-3-6-12-23)24-13-7-4-8-14-24/h3-21H,1-2H3. The van der Waals surface area contributed by atoms with E-state index >= 15 is 0 Å². The Hall–Kier alpha value is -3.85. The van der Waals surface area contributed by atoms with Crippen molar-refractivity contribution in [2.75, 3.05) is 5.01 Å². The molecule has 0 aliphatic heterocycles. The van der Waals surface area contributed by atoms with Crippen LogP contribution < -0.4 is 5.01 Å². The third-order valence-electron chi connectivity index (χ3n) is 5.57. The maximum atomic E-state index is 4.86. The Bertz CT molecular complexity index is 1310. The van der Waals surface area contributed by atoms with Gasteiger partial charge in [-0.3, -0.25) is 0 Å². The van der Waals surface area contributed by atoms with Crippen LogP contribution in [-0.2, 0) is 0 Å². The van der Waals surface area contributed by atoms with Gasteiger partial charge in [0.2, 0.25) is 0 Å². The first kappa shape index (κ1) is 19.1. The van der Waals surface area contributed by atoms with Gasteiger partial charge in [0.1, 0.15) is 0 Å². The van der Waals surface area contributed by atoms with Gasteiger partial charge < -0.3 is 4.57 Å². The van der Waals surface area contributed by atoms with E-state index in [0.717, 1.165) is 16.9 Å². The van der Waals surface area contributed by atoms with Gasteiger partial charge in [-0.2, -0.15) is 5.10 Å². The average Bonchev–Trinajstić information content (AvgIpc) is 3.15. The van der Waals surface area contributed by atoms with Gasteiger partial charge in [-0.05, 0) is 61.9 Å². The number of hydrazone groups is 1. The molecule has 0 atom stereocenters. The Morgan fingerprint density at radius 3 is 1.90 bits per heavy atom. The van der Waals surface area contributed by atoms with E-state index in [1.807, 2.05) is 47.6 Å². The molecule has 0 aliphatic carbocycles. The van der Waals surface area contributed by atoms with E-state index in [2.05, 4.69) is 85.1 Å². The lowest BCUT2D eigenvalue weighted by Gasteiger charge is -2.19. The summed E-state index contributed by atoms with van der Waals surface area (Å²) in [6.07, 6.45) is 1.95. The minimum absolute atomic E-state index is 0.397. The van der Waals surface area contributed by atoms with E-state index < -0.39 is 0 Å². The first-order valence-corrected chi connectivity index (χ1v) is 10.7. The third-order valence-corrected chi connectivity index (χ3v) is 5.57. The number of rotatable bonds is 5. The molecule has 0 unspecified atom stereocenters. The minimum Gasteiger partial charge on any atom is -0.338 e. The Morgan fingerprint density at radius 1 is 0.677 bits per heavy atom. The number of anilines is 2. The van der Waals surface area contributed by atoms with Crippen molar-refractivity contribution in [3.63, 3.8) is 0 Å². The Labute approximate surface area is 182 Å². The van der Waals surface area contributed by atoms with Crippen LogP contribution in [0, 0.1) is 0 Å². The van der Waals surface area contributed by atoms with Gasteiger partial charge in [0, 0.05) is 27.8 Å². The van der Waals surface area contributed by atoms with Crippen LogP contribution in [0.3, 0.4) is 0 Å². The molecule has 152 valence electrons. The van der Waals surface area contributed by atoms with E-state index in [0.29, 0.717) is 6.04 Å². The van der Waals surface area contributed by atoms with Crippen molar-refractivity contribution in [3.8, 4) is 0 Å². The largest absolute Gasteiger partial charge is 0.338 e. The van der Waals surface area contributed by atoms with Crippen molar-refractivity contribution in [2.45, 2.75) is 19.9 Å². The number of nitrogens with zero attached hydrogens (tertiary/aromatic N) is 3. The summed E-state index contributed by atoms with van der Waals surface area (Å²) in [6, 6.07) is 36.1. The number of aromatic nitrogens is 1. The molecule has 4 aromatic carbocycles. The van der Waals surface area contributed by atoms with Crippen LogP contribution in [0.4, 0.5) is 11.4 Å². The quantitative estimate of drug-likeness (QED) is 0.219. The second-order valence-corrected chi connectivity index (χ2v) is 7.98. The smallest absolute Gasteiger partial charge is 0.0652 e. The number of fused-ring (bicyclic) bond motifs is 3. The zero-order valence-corrected chi connectivity index (χ0v) is 17.8. The maximum Gasteiger partial charge on any atom is 0.0652 e. The highest BCUT2D eigenvalue weighted by atomic mass is 15.5. The van der Waals surface area contributed by atoms with Crippen LogP contribution in [-0.4, -0.2) is 10.8 Å². The molecule has 3 heteroatoms. The molecule has 5 aromatic rings. The summed E-state index contributed by atoms with van der Waals surface area (Å²) in [5, 5.41) is 9.38. The first-order chi connectivity index (χ1) is 15.2. The highest BCUT2D eigenvalue weighted by molar-refractivity contribution is 6.09. The lowest BCUT2D eigenvalue weighted by Crippen LogP contribution is -2.09. The van der Waals surface area contributed by atoms with Crippen LogP contribution >= 0.6 is 0 Å². The summed E-state index contributed by atoms with van der Waals surface area (Å²) < 4.78 is 2.41. The van der Waals surface area contributed by atoms with Gasteiger partial charge in [-0.1, -0.05) is 60.7 Å². The van der Waals surface area contributed by atoms with Crippen LogP contribution in [0.5, 0.6) is 0 Å². The first-order valence-electron chi connectivity index (χ1n) is 10.7. The molecule has 0 fully saturated rings. The van der Waals surface area contributed by atoms with E-state index in [4.69, 9.17) is 5.10 Å². The van der Waals surface area contributed by atoms with Crippen molar-refractivity contribution in [2.24, 2.45) is 5.10 Å². The molecular weight excluding hydrogens is 378 g/mol. The molecule has 3 nitrogen and oxygen atoms in total. The van der Waals surface area contributed by atoms with Crippen molar-refractivity contribution >= 4 is 39.4 Å². The lowest BCUT2D eigenvalue weighted by molar-refractivity contribution is 0.642. The SMILES string of the molecule is CC(C)n1c2ccccc2c2cc(C=NN(c3ccccc3)c3ccccc3)ccc21. The molecule has 0 radical (unpaired) electrons. The molecule has 31 heavy (non-hydrogen) atoms. The van der Waals surface area contributed by atoms with Crippen LogP contribution in [0.2, 0.25) is 0 Å². The second-order valence-electron chi connectivity index (χ2n) is 7.98. The van der Waals surface area contributed by atoms with Crippen molar-refractivity contribution in [1.82, 2.24) is 4.57 Å². The van der Waals surface area contributed by atoms with Crippen LogP contribution in [0.15, 0.2) is 108 Å². The van der Waals surface area contributed by atoms with Gasteiger partial charge >= 0.3 is 0 Å². The van der Waals surface area contributed by atoms with E-state index in [1.165, 1.54) is 21.8 Å².